The lowest BCUT2D eigenvalue weighted by Crippen LogP contribution is -2.27. The van der Waals surface area contributed by atoms with E-state index in [1.54, 1.807) is 0 Å². The number of pyridine rings is 1. The van der Waals surface area contributed by atoms with Gasteiger partial charge in [-0.05, 0) is 31.0 Å². The van der Waals surface area contributed by atoms with E-state index in [0.717, 1.165) is 31.1 Å². The molecule has 0 aromatic carbocycles. The number of anilines is 1. The fraction of sp³-hybridized carbons (Fsp3) is 0.455. The number of nitrogens with two attached hydrogens (primary N) is 1. The van der Waals surface area contributed by atoms with E-state index < -0.39 is 0 Å². The van der Waals surface area contributed by atoms with Gasteiger partial charge in [0.15, 0.2) is 5.65 Å². The van der Waals surface area contributed by atoms with Crippen LogP contribution < -0.4 is 10.6 Å². The van der Waals surface area contributed by atoms with Crippen molar-refractivity contribution in [3.05, 3.63) is 23.9 Å². The van der Waals surface area contributed by atoms with Crippen LogP contribution in [0.5, 0.6) is 0 Å². The Balaban J connectivity index is 1.99. The van der Waals surface area contributed by atoms with Gasteiger partial charge in [-0.1, -0.05) is 0 Å². The first-order chi connectivity index (χ1) is 7.72. The number of aromatic nitrogens is 3. The van der Waals surface area contributed by atoms with Crippen molar-refractivity contribution in [1.82, 2.24) is 14.6 Å². The van der Waals surface area contributed by atoms with E-state index in [1.165, 1.54) is 5.56 Å². The van der Waals surface area contributed by atoms with Gasteiger partial charge in [0.1, 0.15) is 0 Å². The first kappa shape index (κ1) is 9.59. The lowest BCUT2D eigenvalue weighted by atomic mass is 10.3. The maximum atomic E-state index is 5.88. The van der Waals surface area contributed by atoms with Crippen molar-refractivity contribution >= 4 is 11.6 Å². The van der Waals surface area contributed by atoms with Crippen LogP contribution in [0.4, 0.5) is 5.95 Å². The summed E-state index contributed by atoms with van der Waals surface area (Å²) >= 11 is 0. The molecular weight excluding hydrogens is 202 g/mol. The summed E-state index contributed by atoms with van der Waals surface area (Å²) in [4.78, 5) is 6.66. The third-order valence-corrected chi connectivity index (χ3v) is 2.99. The van der Waals surface area contributed by atoms with Crippen molar-refractivity contribution < 1.29 is 0 Å². The van der Waals surface area contributed by atoms with E-state index >= 15 is 0 Å². The molecule has 1 aliphatic rings. The molecule has 5 heteroatoms. The smallest absolute Gasteiger partial charge is 0.245 e. The quantitative estimate of drug-likeness (QED) is 0.759. The lowest BCUT2D eigenvalue weighted by molar-refractivity contribution is 0.750. The van der Waals surface area contributed by atoms with E-state index in [-0.39, 0.29) is 6.04 Å². The molecule has 3 rings (SSSR count). The average Bonchev–Trinajstić information content (AvgIpc) is 2.83. The van der Waals surface area contributed by atoms with Gasteiger partial charge in [-0.15, -0.1) is 5.10 Å². The Bertz CT molecular complexity index is 518. The van der Waals surface area contributed by atoms with Crippen LogP contribution in [0.2, 0.25) is 0 Å². The molecule has 5 nitrogen and oxygen atoms in total. The van der Waals surface area contributed by atoms with E-state index in [2.05, 4.69) is 21.9 Å². The molecule has 0 amide bonds. The Morgan fingerprint density at radius 1 is 1.50 bits per heavy atom. The highest BCUT2D eigenvalue weighted by Gasteiger charge is 2.22. The predicted molar refractivity (Wildman–Crippen MR) is 62.5 cm³/mol. The molecule has 1 saturated heterocycles. The van der Waals surface area contributed by atoms with Gasteiger partial charge in [0.05, 0.1) is 0 Å². The highest BCUT2D eigenvalue weighted by molar-refractivity contribution is 5.46. The first-order valence-electron chi connectivity index (χ1n) is 5.56. The first-order valence-corrected chi connectivity index (χ1v) is 5.56. The Kier molecular flexibility index (Phi) is 2.07. The van der Waals surface area contributed by atoms with Gasteiger partial charge in [-0.2, -0.15) is 4.98 Å². The van der Waals surface area contributed by atoms with Crippen LogP contribution in [0.3, 0.4) is 0 Å². The minimum Gasteiger partial charge on any atom is -0.338 e. The molecule has 0 bridgehead atoms. The maximum absolute atomic E-state index is 5.88. The van der Waals surface area contributed by atoms with Crippen molar-refractivity contribution in [3.63, 3.8) is 0 Å². The normalized spacial score (nSPS) is 20.9. The molecular formula is C11H15N5. The molecule has 1 aliphatic heterocycles. The summed E-state index contributed by atoms with van der Waals surface area (Å²) in [7, 11) is 0. The molecule has 1 atom stereocenters. The zero-order valence-corrected chi connectivity index (χ0v) is 9.30. The van der Waals surface area contributed by atoms with Crippen LogP contribution in [-0.4, -0.2) is 33.7 Å². The van der Waals surface area contributed by atoms with Crippen molar-refractivity contribution in [3.8, 4) is 0 Å². The molecule has 1 unspecified atom stereocenters. The van der Waals surface area contributed by atoms with Gasteiger partial charge >= 0.3 is 0 Å². The van der Waals surface area contributed by atoms with Gasteiger partial charge < -0.3 is 10.6 Å². The van der Waals surface area contributed by atoms with E-state index in [0.29, 0.717) is 0 Å². The van der Waals surface area contributed by atoms with Crippen molar-refractivity contribution in [2.75, 3.05) is 18.0 Å². The summed E-state index contributed by atoms with van der Waals surface area (Å²) in [6.07, 6.45) is 2.96. The summed E-state index contributed by atoms with van der Waals surface area (Å²) in [5, 5.41) is 4.45. The summed E-state index contributed by atoms with van der Waals surface area (Å²) in [6.45, 7) is 3.87. The van der Waals surface area contributed by atoms with E-state index in [4.69, 9.17) is 5.73 Å². The number of rotatable bonds is 1. The average molecular weight is 217 g/mol. The molecule has 2 aromatic heterocycles. The van der Waals surface area contributed by atoms with Crippen LogP contribution in [0.1, 0.15) is 12.0 Å². The minimum atomic E-state index is 0.258. The zero-order valence-electron chi connectivity index (χ0n) is 9.30. The predicted octanol–water partition coefficient (Wildman–Crippen LogP) is 0.575. The molecule has 0 radical (unpaired) electrons. The van der Waals surface area contributed by atoms with E-state index in [1.807, 2.05) is 22.8 Å². The number of hydrogen-bond acceptors (Lipinski definition) is 4. The third kappa shape index (κ3) is 1.53. The number of hydrogen-bond donors (Lipinski definition) is 1. The molecule has 84 valence electrons. The summed E-state index contributed by atoms with van der Waals surface area (Å²) in [5.74, 6) is 0.790. The van der Waals surface area contributed by atoms with Crippen molar-refractivity contribution in [2.24, 2.45) is 5.73 Å². The van der Waals surface area contributed by atoms with Gasteiger partial charge in [0.25, 0.3) is 0 Å². The van der Waals surface area contributed by atoms with Crippen LogP contribution in [-0.2, 0) is 0 Å². The molecule has 0 spiro atoms. The molecule has 1 fully saturated rings. The van der Waals surface area contributed by atoms with Crippen LogP contribution in [0.15, 0.2) is 18.3 Å². The van der Waals surface area contributed by atoms with E-state index in [9.17, 15) is 0 Å². The third-order valence-electron chi connectivity index (χ3n) is 2.99. The molecule has 0 aliphatic carbocycles. The highest BCUT2D eigenvalue weighted by atomic mass is 15.4. The standard InChI is InChI=1S/C11H15N5/c1-8-2-5-16-10(6-8)13-11(14-16)15-4-3-9(12)7-15/h2,5-6,9H,3-4,7,12H2,1H3. The number of nitrogens with zero attached hydrogens (tertiary/aromatic N) is 4. The Morgan fingerprint density at radius 2 is 2.38 bits per heavy atom. The summed E-state index contributed by atoms with van der Waals surface area (Å²) < 4.78 is 1.81. The molecule has 2 N–H and O–H groups in total. The summed E-state index contributed by atoms with van der Waals surface area (Å²) in [6, 6.07) is 4.32. The molecule has 16 heavy (non-hydrogen) atoms. The monoisotopic (exact) mass is 217 g/mol. The minimum absolute atomic E-state index is 0.258. The van der Waals surface area contributed by atoms with Crippen molar-refractivity contribution in [1.29, 1.82) is 0 Å². The largest absolute Gasteiger partial charge is 0.338 e. The fourth-order valence-electron chi connectivity index (χ4n) is 2.07. The van der Waals surface area contributed by atoms with Crippen LogP contribution in [0, 0.1) is 6.92 Å². The molecule has 2 aromatic rings. The Hall–Kier alpha value is -1.62. The Morgan fingerprint density at radius 3 is 3.12 bits per heavy atom. The highest BCUT2D eigenvalue weighted by Crippen LogP contribution is 2.16. The van der Waals surface area contributed by atoms with Crippen molar-refractivity contribution in [2.45, 2.75) is 19.4 Å². The van der Waals surface area contributed by atoms with Crippen LogP contribution >= 0.6 is 0 Å². The second kappa shape index (κ2) is 3.45. The maximum Gasteiger partial charge on any atom is 0.245 e. The van der Waals surface area contributed by atoms with Gasteiger partial charge in [-0.3, -0.25) is 0 Å². The SMILES string of the molecule is Cc1ccn2nc(N3CCC(N)C3)nc2c1. The van der Waals surface area contributed by atoms with Gasteiger partial charge in [0.2, 0.25) is 5.95 Å². The fourth-order valence-corrected chi connectivity index (χ4v) is 2.07. The van der Waals surface area contributed by atoms with Gasteiger partial charge in [-0.25, -0.2) is 4.52 Å². The number of aryl methyl sites for hydroxylation is 1. The van der Waals surface area contributed by atoms with Gasteiger partial charge in [0, 0.05) is 25.3 Å². The Labute approximate surface area is 93.9 Å². The van der Waals surface area contributed by atoms with Crippen LogP contribution in [0.25, 0.3) is 5.65 Å². The number of fused-ring (bicyclic) bond motifs is 1. The lowest BCUT2D eigenvalue weighted by Gasteiger charge is -2.11. The molecule has 0 saturated carbocycles. The second-order valence-corrected chi connectivity index (χ2v) is 4.41. The topological polar surface area (TPSA) is 59.5 Å². The zero-order chi connectivity index (χ0) is 11.1. The molecule has 3 heterocycles. The summed E-state index contributed by atoms with van der Waals surface area (Å²) in [5.41, 5.74) is 7.97. The second-order valence-electron chi connectivity index (χ2n) is 4.41.